The van der Waals surface area contributed by atoms with E-state index in [1.165, 1.54) is 6.07 Å². The average molecular weight is 437 g/mol. The fourth-order valence-corrected chi connectivity index (χ4v) is 3.34. The lowest BCUT2D eigenvalue weighted by Crippen LogP contribution is -2.52. The third kappa shape index (κ3) is 6.62. The number of carbonyl (C=O) groups is 2. The van der Waals surface area contributed by atoms with Gasteiger partial charge in [-0.25, -0.2) is 0 Å². The summed E-state index contributed by atoms with van der Waals surface area (Å²) in [6.07, 6.45) is -1.08. The van der Waals surface area contributed by atoms with Crippen molar-refractivity contribution in [2.45, 2.75) is 31.8 Å². The summed E-state index contributed by atoms with van der Waals surface area (Å²) in [5, 5.41) is 14.7. The highest BCUT2D eigenvalue weighted by molar-refractivity contribution is 5.94. The van der Waals surface area contributed by atoms with Crippen LogP contribution >= 0.6 is 0 Å². The van der Waals surface area contributed by atoms with Crippen LogP contribution in [0.4, 0.5) is 0 Å². The Hall–Kier alpha value is -3.25. The number of rotatable bonds is 6. The Morgan fingerprint density at radius 1 is 0.969 bits per heavy atom. The number of carbonyl (C=O) groups excluding carboxylic acids is 2. The molecule has 0 spiro atoms. The number of nitriles is 1. The van der Waals surface area contributed by atoms with Gasteiger partial charge in [0.05, 0.1) is 24.8 Å². The van der Waals surface area contributed by atoms with Crippen molar-refractivity contribution in [3.63, 3.8) is 0 Å². The van der Waals surface area contributed by atoms with Gasteiger partial charge in [0, 0.05) is 24.2 Å². The zero-order valence-corrected chi connectivity index (χ0v) is 18.2. The summed E-state index contributed by atoms with van der Waals surface area (Å²) < 4.78 is 17.7. The third-order valence-electron chi connectivity index (χ3n) is 4.93. The molecule has 1 heterocycles. The van der Waals surface area contributed by atoms with E-state index >= 15 is 0 Å². The molecule has 3 rings (SSSR count). The molecule has 1 aliphatic heterocycles. The molecule has 2 aromatic carbocycles. The average Bonchev–Trinajstić information content (AvgIpc) is 2.80. The zero-order valence-electron chi connectivity index (χ0n) is 18.2. The number of nitrogens with one attached hydrogen (secondary N) is 2. The smallest absolute Gasteiger partial charge is 0.251 e. The normalized spacial score (nSPS) is 20.3. The van der Waals surface area contributed by atoms with Crippen LogP contribution in [0.15, 0.2) is 54.6 Å². The number of amides is 2. The first-order valence-electron chi connectivity index (χ1n) is 10.4. The lowest BCUT2D eigenvalue weighted by Gasteiger charge is -2.37. The Morgan fingerprint density at radius 2 is 1.62 bits per heavy atom. The second-order valence-corrected chi connectivity index (χ2v) is 7.79. The van der Waals surface area contributed by atoms with E-state index in [0.29, 0.717) is 29.9 Å². The maximum absolute atomic E-state index is 12.6. The van der Waals surface area contributed by atoms with Crippen LogP contribution in [0.1, 0.15) is 40.1 Å². The molecule has 168 valence electrons. The molecule has 0 saturated carbocycles. The maximum Gasteiger partial charge on any atom is 0.251 e. The number of benzene rings is 2. The molecule has 8 heteroatoms. The molecule has 1 aliphatic rings. The molecule has 1 fully saturated rings. The van der Waals surface area contributed by atoms with Gasteiger partial charge >= 0.3 is 0 Å². The molecule has 32 heavy (non-hydrogen) atoms. The molecule has 0 aromatic heterocycles. The van der Waals surface area contributed by atoms with E-state index in [4.69, 9.17) is 19.5 Å². The minimum Gasteiger partial charge on any atom is -0.371 e. The van der Waals surface area contributed by atoms with Crippen molar-refractivity contribution >= 4 is 11.8 Å². The van der Waals surface area contributed by atoms with E-state index in [1.54, 1.807) is 56.3 Å². The summed E-state index contributed by atoms with van der Waals surface area (Å²) in [4.78, 5) is 25.1. The van der Waals surface area contributed by atoms with E-state index in [2.05, 4.69) is 10.6 Å². The van der Waals surface area contributed by atoms with Crippen molar-refractivity contribution in [2.75, 3.05) is 26.3 Å². The SMILES string of the molecule is CC1(C)OCCO[C@H](CNC(=O)c2cccc(C#N)c2)[C@H](CNC(=O)c2ccccc2)O1. The van der Waals surface area contributed by atoms with Crippen molar-refractivity contribution in [3.05, 3.63) is 71.3 Å². The first kappa shape index (κ1) is 23.4. The van der Waals surface area contributed by atoms with Gasteiger partial charge in [0.15, 0.2) is 5.79 Å². The number of hydrogen-bond donors (Lipinski definition) is 2. The highest BCUT2D eigenvalue weighted by Gasteiger charge is 2.33. The third-order valence-corrected chi connectivity index (χ3v) is 4.93. The molecule has 0 bridgehead atoms. The van der Waals surface area contributed by atoms with Gasteiger partial charge in [-0.05, 0) is 44.2 Å². The molecule has 8 nitrogen and oxygen atoms in total. The van der Waals surface area contributed by atoms with Crippen LogP contribution in [0, 0.1) is 11.3 Å². The van der Waals surface area contributed by atoms with E-state index in [0.717, 1.165) is 0 Å². The van der Waals surface area contributed by atoms with Crippen molar-refractivity contribution in [1.82, 2.24) is 10.6 Å². The number of hydrogen-bond acceptors (Lipinski definition) is 6. The zero-order chi connectivity index (χ0) is 23.0. The van der Waals surface area contributed by atoms with Gasteiger partial charge < -0.3 is 24.8 Å². The van der Waals surface area contributed by atoms with E-state index in [9.17, 15) is 9.59 Å². The van der Waals surface area contributed by atoms with Crippen LogP contribution in [-0.4, -0.2) is 56.1 Å². The first-order valence-corrected chi connectivity index (χ1v) is 10.4. The quantitative estimate of drug-likeness (QED) is 0.717. The Morgan fingerprint density at radius 3 is 2.34 bits per heavy atom. The van der Waals surface area contributed by atoms with Crippen LogP contribution in [0.25, 0.3) is 0 Å². The molecule has 2 amide bonds. The topological polar surface area (TPSA) is 110 Å². The van der Waals surface area contributed by atoms with Crippen LogP contribution in [0.3, 0.4) is 0 Å². The van der Waals surface area contributed by atoms with Gasteiger partial charge in [-0.1, -0.05) is 24.3 Å². The van der Waals surface area contributed by atoms with Crippen LogP contribution < -0.4 is 10.6 Å². The Balaban J connectivity index is 1.67. The number of ether oxygens (including phenoxy) is 3. The van der Waals surface area contributed by atoms with Crippen molar-refractivity contribution in [2.24, 2.45) is 0 Å². The van der Waals surface area contributed by atoms with E-state index in [-0.39, 0.29) is 24.9 Å². The summed E-state index contributed by atoms with van der Waals surface area (Å²) in [5.41, 5.74) is 1.33. The summed E-state index contributed by atoms with van der Waals surface area (Å²) in [5.74, 6) is -1.43. The second-order valence-electron chi connectivity index (χ2n) is 7.79. The molecule has 2 atom stereocenters. The maximum atomic E-state index is 12.6. The summed E-state index contributed by atoms with van der Waals surface area (Å²) in [6.45, 7) is 4.59. The van der Waals surface area contributed by atoms with Crippen LogP contribution in [0.5, 0.6) is 0 Å². The van der Waals surface area contributed by atoms with Crippen LogP contribution in [-0.2, 0) is 14.2 Å². The van der Waals surface area contributed by atoms with Crippen molar-refractivity contribution < 1.29 is 23.8 Å². The highest BCUT2D eigenvalue weighted by atomic mass is 16.7. The molecule has 0 radical (unpaired) electrons. The molecule has 1 saturated heterocycles. The fraction of sp³-hybridized carbons (Fsp3) is 0.375. The van der Waals surface area contributed by atoms with E-state index < -0.39 is 18.0 Å². The minimum atomic E-state index is -0.880. The predicted octanol–water partition coefficient (Wildman–Crippen LogP) is 2.25. The van der Waals surface area contributed by atoms with Crippen molar-refractivity contribution in [3.8, 4) is 6.07 Å². The van der Waals surface area contributed by atoms with Crippen LogP contribution in [0.2, 0.25) is 0 Å². The molecular formula is C24H27N3O5. The highest BCUT2D eigenvalue weighted by Crippen LogP contribution is 2.20. The molecule has 0 aliphatic carbocycles. The molecule has 2 N–H and O–H groups in total. The lowest BCUT2D eigenvalue weighted by molar-refractivity contribution is -0.277. The predicted molar refractivity (Wildman–Crippen MR) is 117 cm³/mol. The summed E-state index contributed by atoms with van der Waals surface area (Å²) >= 11 is 0. The van der Waals surface area contributed by atoms with Gasteiger partial charge in [0.25, 0.3) is 11.8 Å². The Labute approximate surface area is 187 Å². The van der Waals surface area contributed by atoms with Crippen molar-refractivity contribution in [1.29, 1.82) is 5.26 Å². The Kier molecular flexibility index (Phi) is 7.95. The largest absolute Gasteiger partial charge is 0.371 e. The van der Waals surface area contributed by atoms with Gasteiger partial charge in [0.1, 0.15) is 12.2 Å². The van der Waals surface area contributed by atoms with Gasteiger partial charge in [-0.3, -0.25) is 9.59 Å². The molecular weight excluding hydrogens is 410 g/mol. The lowest BCUT2D eigenvalue weighted by atomic mass is 10.1. The Bertz CT molecular complexity index is 971. The fourth-order valence-electron chi connectivity index (χ4n) is 3.34. The first-order chi connectivity index (χ1) is 15.4. The standard InChI is InChI=1S/C24H27N3O5/c1-24(2)31-12-11-30-20(15-26-23(29)19-10-6-7-17(13-19)14-25)21(32-24)16-27-22(28)18-8-4-3-5-9-18/h3-10,13,20-21H,11-12,15-16H2,1-2H3,(H,26,29)(H,27,28)/t20-,21+/m1/s1. The van der Waals surface area contributed by atoms with E-state index in [1.807, 2.05) is 12.1 Å². The van der Waals surface area contributed by atoms with Gasteiger partial charge in [-0.15, -0.1) is 0 Å². The molecule has 2 aromatic rings. The van der Waals surface area contributed by atoms with Gasteiger partial charge in [-0.2, -0.15) is 5.26 Å². The summed E-state index contributed by atoms with van der Waals surface area (Å²) in [7, 11) is 0. The summed E-state index contributed by atoms with van der Waals surface area (Å²) in [6, 6.07) is 17.4. The van der Waals surface area contributed by atoms with Gasteiger partial charge in [0.2, 0.25) is 0 Å². The minimum absolute atomic E-state index is 0.164. The second kappa shape index (κ2) is 10.9. The monoisotopic (exact) mass is 437 g/mol. The number of nitrogens with zero attached hydrogens (tertiary/aromatic N) is 1. The molecule has 0 unspecified atom stereocenters.